The Morgan fingerprint density at radius 2 is 2.00 bits per heavy atom. The summed E-state index contributed by atoms with van der Waals surface area (Å²) in [5.74, 6) is 1.31. The van der Waals surface area contributed by atoms with Gasteiger partial charge in [0.25, 0.3) is 0 Å². The number of hydrogen-bond donors (Lipinski definition) is 1. The van der Waals surface area contributed by atoms with Crippen LogP contribution in [0.3, 0.4) is 0 Å². The molecule has 0 bridgehead atoms. The molecule has 5 aromatic rings. The second kappa shape index (κ2) is 7.92. The van der Waals surface area contributed by atoms with E-state index in [0.717, 1.165) is 38.5 Å². The van der Waals surface area contributed by atoms with Crippen molar-refractivity contribution in [2.45, 2.75) is 26.6 Å². The van der Waals surface area contributed by atoms with E-state index in [1.165, 1.54) is 4.40 Å². The maximum atomic E-state index is 13.3. The van der Waals surface area contributed by atoms with Gasteiger partial charge in [-0.15, -0.1) is 21.5 Å². The highest BCUT2D eigenvalue weighted by Gasteiger charge is 2.32. The van der Waals surface area contributed by atoms with Crippen molar-refractivity contribution in [3.63, 3.8) is 0 Å². The summed E-state index contributed by atoms with van der Waals surface area (Å²) >= 11 is 7.57. The molecule has 0 saturated carbocycles. The molecule has 0 atom stereocenters. The summed E-state index contributed by atoms with van der Waals surface area (Å²) in [6.45, 7) is 4.06. The maximum absolute atomic E-state index is 13.3. The predicted octanol–water partition coefficient (Wildman–Crippen LogP) is 5.70. The number of alkyl halides is 3. The van der Waals surface area contributed by atoms with Gasteiger partial charge in [0.2, 0.25) is 0 Å². The SMILES string of the molecule is Cc1sc2nc(-c3cccnc3)nc(NCc3nnc4c(Cl)cc(C(F)(F)F)cn34)c2c1C. The molecule has 1 N–H and O–H groups in total. The van der Waals surface area contributed by atoms with Crippen LogP contribution >= 0.6 is 22.9 Å². The Bertz CT molecular complexity index is 1500. The molecule has 0 aliphatic carbocycles. The standard InChI is InChI=1S/C21H15ClF3N7S/c1-10-11(2)33-20-16(10)18(28-17(29-20)12-4-3-5-26-7-12)27-8-15-30-31-19-14(22)6-13(9-32(15)19)21(23,24)25/h3-7,9H,8H2,1-2H3,(H,27,28,29). The molecule has 0 aliphatic rings. The number of halogens is 4. The third-order valence-electron chi connectivity index (χ3n) is 5.22. The first kappa shape index (κ1) is 21.5. The van der Waals surface area contributed by atoms with E-state index in [2.05, 4.69) is 30.5 Å². The number of nitrogens with one attached hydrogen (secondary N) is 1. The molecule has 0 fully saturated rings. The van der Waals surface area contributed by atoms with Crippen LogP contribution in [-0.4, -0.2) is 29.5 Å². The zero-order valence-electron chi connectivity index (χ0n) is 17.3. The number of nitrogens with zero attached hydrogens (tertiary/aromatic N) is 6. The van der Waals surface area contributed by atoms with E-state index in [1.807, 2.05) is 19.9 Å². The third kappa shape index (κ3) is 3.87. The lowest BCUT2D eigenvalue weighted by atomic mass is 10.2. The van der Waals surface area contributed by atoms with Gasteiger partial charge < -0.3 is 5.32 Å². The molecule has 0 spiro atoms. The van der Waals surface area contributed by atoms with Crippen molar-refractivity contribution in [2.24, 2.45) is 0 Å². The molecule has 0 aliphatic heterocycles. The molecule has 5 heterocycles. The molecule has 7 nitrogen and oxygen atoms in total. The van der Waals surface area contributed by atoms with E-state index in [0.29, 0.717) is 11.6 Å². The van der Waals surface area contributed by atoms with Gasteiger partial charge in [-0.1, -0.05) is 11.6 Å². The first-order valence-corrected chi connectivity index (χ1v) is 10.9. The quantitative estimate of drug-likeness (QED) is 0.349. The Morgan fingerprint density at radius 3 is 2.73 bits per heavy atom. The number of thiophene rings is 1. The van der Waals surface area contributed by atoms with Gasteiger partial charge in [-0.05, 0) is 37.6 Å². The minimum atomic E-state index is -4.55. The van der Waals surface area contributed by atoms with E-state index in [1.54, 1.807) is 29.8 Å². The molecule has 0 saturated heterocycles. The van der Waals surface area contributed by atoms with E-state index < -0.39 is 11.7 Å². The second-order valence-corrected chi connectivity index (χ2v) is 8.95. The van der Waals surface area contributed by atoms with Crippen LogP contribution in [0.5, 0.6) is 0 Å². The van der Waals surface area contributed by atoms with Gasteiger partial charge in [0.15, 0.2) is 17.3 Å². The van der Waals surface area contributed by atoms with Crippen LogP contribution in [0.2, 0.25) is 5.02 Å². The van der Waals surface area contributed by atoms with E-state index >= 15 is 0 Å². The Hall–Kier alpha value is -3.31. The van der Waals surface area contributed by atoms with Crippen LogP contribution in [-0.2, 0) is 12.7 Å². The first-order chi connectivity index (χ1) is 15.7. The topological polar surface area (TPSA) is 80.9 Å². The molecule has 5 aromatic heterocycles. The summed E-state index contributed by atoms with van der Waals surface area (Å²) in [4.78, 5) is 15.4. The third-order valence-corrected chi connectivity index (χ3v) is 6.60. The number of hydrogen-bond acceptors (Lipinski definition) is 7. The van der Waals surface area contributed by atoms with Crippen LogP contribution in [0.1, 0.15) is 21.8 Å². The van der Waals surface area contributed by atoms with Crippen molar-refractivity contribution >= 4 is 44.6 Å². The van der Waals surface area contributed by atoms with Gasteiger partial charge in [0.05, 0.1) is 22.5 Å². The molecular weight excluding hydrogens is 475 g/mol. The van der Waals surface area contributed by atoms with E-state index in [9.17, 15) is 13.2 Å². The van der Waals surface area contributed by atoms with Crippen molar-refractivity contribution in [1.82, 2.24) is 29.5 Å². The number of rotatable bonds is 4. The summed E-state index contributed by atoms with van der Waals surface area (Å²) in [5, 5.41) is 11.9. The van der Waals surface area contributed by atoms with E-state index in [4.69, 9.17) is 11.6 Å². The van der Waals surface area contributed by atoms with Crippen LogP contribution in [0.15, 0.2) is 36.8 Å². The van der Waals surface area contributed by atoms with Crippen molar-refractivity contribution in [3.8, 4) is 11.4 Å². The lowest BCUT2D eigenvalue weighted by Crippen LogP contribution is -2.10. The summed E-state index contributed by atoms with van der Waals surface area (Å²) in [5.41, 5.74) is 1.05. The van der Waals surface area contributed by atoms with Gasteiger partial charge in [0, 0.05) is 29.0 Å². The highest BCUT2D eigenvalue weighted by Crippen LogP contribution is 2.35. The summed E-state index contributed by atoms with van der Waals surface area (Å²) < 4.78 is 41.0. The van der Waals surface area contributed by atoms with Gasteiger partial charge in [0.1, 0.15) is 10.6 Å². The van der Waals surface area contributed by atoms with Gasteiger partial charge >= 0.3 is 6.18 Å². The maximum Gasteiger partial charge on any atom is 0.417 e. The number of pyridine rings is 2. The van der Waals surface area contributed by atoms with Crippen molar-refractivity contribution in [2.75, 3.05) is 5.32 Å². The molecule has 33 heavy (non-hydrogen) atoms. The van der Waals surface area contributed by atoms with Crippen LogP contribution in [0.4, 0.5) is 19.0 Å². The highest BCUT2D eigenvalue weighted by atomic mass is 35.5. The average molecular weight is 490 g/mol. The van der Waals surface area contributed by atoms with E-state index in [-0.39, 0.29) is 23.0 Å². The van der Waals surface area contributed by atoms with Crippen LogP contribution < -0.4 is 5.32 Å². The van der Waals surface area contributed by atoms with Crippen LogP contribution in [0, 0.1) is 13.8 Å². The molecule has 12 heteroatoms. The normalized spacial score (nSPS) is 12.1. The molecule has 5 rings (SSSR count). The molecule has 0 radical (unpaired) electrons. The molecular formula is C21H15ClF3N7S. The summed E-state index contributed by atoms with van der Waals surface area (Å²) in [6, 6.07) is 4.50. The Morgan fingerprint density at radius 1 is 1.18 bits per heavy atom. The minimum Gasteiger partial charge on any atom is -0.362 e. The zero-order chi connectivity index (χ0) is 23.3. The Labute approximate surface area is 194 Å². The monoisotopic (exact) mass is 489 g/mol. The smallest absolute Gasteiger partial charge is 0.362 e. The number of aromatic nitrogens is 6. The average Bonchev–Trinajstić information content (AvgIpc) is 3.33. The fraction of sp³-hybridized carbons (Fsp3) is 0.190. The number of anilines is 1. The molecule has 0 amide bonds. The Balaban J connectivity index is 1.57. The summed E-state index contributed by atoms with van der Waals surface area (Å²) in [7, 11) is 0. The molecule has 168 valence electrons. The summed E-state index contributed by atoms with van der Waals surface area (Å²) in [6.07, 6.45) is -0.271. The van der Waals surface area contributed by atoms with Crippen molar-refractivity contribution in [1.29, 1.82) is 0 Å². The second-order valence-electron chi connectivity index (χ2n) is 7.34. The highest BCUT2D eigenvalue weighted by molar-refractivity contribution is 7.18. The minimum absolute atomic E-state index is 0.0751. The largest absolute Gasteiger partial charge is 0.417 e. The van der Waals surface area contributed by atoms with Gasteiger partial charge in [-0.2, -0.15) is 13.2 Å². The Kier molecular flexibility index (Phi) is 5.17. The molecule has 0 aromatic carbocycles. The van der Waals surface area contributed by atoms with Crippen molar-refractivity contribution < 1.29 is 13.2 Å². The first-order valence-electron chi connectivity index (χ1n) is 9.74. The lowest BCUT2D eigenvalue weighted by molar-refractivity contribution is -0.137. The fourth-order valence-corrected chi connectivity index (χ4v) is 4.72. The van der Waals surface area contributed by atoms with Gasteiger partial charge in [-0.25, -0.2) is 9.97 Å². The van der Waals surface area contributed by atoms with Crippen molar-refractivity contribution in [3.05, 3.63) is 63.6 Å². The molecule has 0 unspecified atom stereocenters. The number of fused-ring (bicyclic) bond motifs is 2. The predicted molar refractivity (Wildman–Crippen MR) is 120 cm³/mol. The van der Waals surface area contributed by atoms with Crippen LogP contribution in [0.25, 0.3) is 27.3 Å². The number of aryl methyl sites for hydroxylation is 2. The fourth-order valence-electron chi connectivity index (χ4n) is 3.44. The zero-order valence-corrected chi connectivity index (χ0v) is 18.8. The lowest BCUT2D eigenvalue weighted by Gasteiger charge is -2.11. The van der Waals surface area contributed by atoms with Gasteiger partial charge in [-0.3, -0.25) is 9.38 Å².